The van der Waals surface area contributed by atoms with E-state index < -0.39 is 25.2 Å². The standard InChI is InChI=1S/C25H34F3NO3/c1-16(2)14-20-10-11-21(19(6)9-7-8-18(5)15-22(30)31)24(23(29-20)17(3)4)32-13-12-25(26,27)28/h7-9,11,15-17H,10,12-14H2,1-6H3,(H,30,31)/b8-7+,18-15+,19-9-. The topological polar surface area (TPSA) is 58.9 Å². The van der Waals surface area contributed by atoms with Crippen LogP contribution in [0.2, 0.25) is 0 Å². The van der Waals surface area contributed by atoms with Crippen molar-refractivity contribution >= 4 is 11.7 Å². The third kappa shape index (κ3) is 10.2. The van der Waals surface area contributed by atoms with E-state index in [0.717, 1.165) is 23.8 Å². The SMILES string of the molecule is C/C(=C/C=C/C(C)=C/C(=O)O)C1=CCC(CC(C)C)=NC(C(C)C)=C1OCCC(F)(F)F. The number of carboxylic acid groups (broad SMARTS) is 1. The van der Waals surface area contributed by atoms with Gasteiger partial charge in [0.2, 0.25) is 0 Å². The maximum atomic E-state index is 12.7. The van der Waals surface area contributed by atoms with Gasteiger partial charge in [-0.3, -0.25) is 4.99 Å². The fourth-order valence-electron chi connectivity index (χ4n) is 3.15. The van der Waals surface area contributed by atoms with Gasteiger partial charge < -0.3 is 9.84 Å². The van der Waals surface area contributed by atoms with Crippen molar-refractivity contribution in [3.05, 3.63) is 58.6 Å². The number of nitrogens with zero attached hydrogens (tertiary/aromatic N) is 1. The van der Waals surface area contributed by atoms with Crippen molar-refractivity contribution in [1.82, 2.24) is 0 Å². The summed E-state index contributed by atoms with van der Waals surface area (Å²) in [7, 11) is 0. The summed E-state index contributed by atoms with van der Waals surface area (Å²) >= 11 is 0. The third-order valence-electron chi connectivity index (χ3n) is 4.60. The zero-order valence-electron chi connectivity index (χ0n) is 19.7. The molecule has 0 saturated carbocycles. The quantitative estimate of drug-likeness (QED) is 0.282. The van der Waals surface area contributed by atoms with Gasteiger partial charge in [-0.1, -0.05) is 52.0 Å². The molecule has 0 radical (unpaired) electrons. The highest BCUT2D eigenvalue weighted by atomic mass is 19.4. The fraction of sp³-hybridized carbons (Fsp3) is 0.520. The smallest absolute Gasteiger partial charge is 0.392 e. The van der Waals surface area contributed by atoms with E-state index in [9.17, 15) is 18.0 Å². The molecule has 1 rings (SSSR count). The Morgan fingerprint density at radius 2 is 1.91 bits per heavy atom. The van der Waals surface area contributed by atoms with Crippen LogP contribution in [0.15, 0.2) is 63.5 Å². The molecular weight excluding hydrogens is 419 g/mol. The van der Waals surface area contributed by atoms with E-state index in [1.54, 1.807) is 25.2 Å². The summed E-state index contributed by atoms with van der Waals surface area (Å²) in [4.78, 5) is 15.6. The number of alkyl halides is 3. The second-order valence-corrected chi connectivity index (χ2v) is 8.62. The van der Waals surface area contributed by atoms with Gasteiger partial charge in [-0.2, -0.15) is 13.2 Å². The number of aliphatic imine (C=N–C) groups is 1. The Balaban J connectivity index is 3.38. The highest BCUT2D eigenvalue weighted by Gasteiger charge is 2.28. The van der Waals surface area contributed by atoms with Crippen LogP contribution in [0.1, 0.15) is 60.8 Å². The van der Waals surface area contributed by atoms with Gasteiger partial charge in [-0.15, -0.1) is 0 Å². The number of rotatable bonds is 10. The molecule has 4 nitrogen and oxygen atoms in total. The second-order valence-electron chi connectivity index (χ2n) is 8.62. The molecule has 0 atom stereocenters. The molecule has 0 aromatic rings. The molecule has 0 aromatic heterocycles. The van der Waals surface area contributed by atoms with Crippen LogP contribution < -0.4 is 0 Å². The summed E-state index contributed by atoms with van der Waals surface area (Å²) in [5.74, 6) is -0.291. The molecule has 32 heavy (non-hydrogen) atoms. The number of halogens is 3. The fourth-order valence-corrected chi connectivity index (χ4v) is 3.15. The van der Waals surface area contributed by atoms with Gasteiger partial charge >= 0.3 is 12.1 Å². The maximum absolute atomic E-state index is 12.7. The van der Waals surface area contributed by atoms with Crippen molar-refractivity contribution in [1.29, 1.82) is 0 Å². The van der Waals surface area contributed by atoms with Crippen LogP contribution in [0.3, 0.4) is 0 Å². The summed E-state index contributed by atoms with van der Waals surface area (Å²) in [5.41, 5.74) is 3.69. The molecule has 0 unspecified atom stereocenters. The minimum atomic E-state index is -4.30. The van der Waals surface area contributed by atoms with Gasteiger partial charge in [0.1, 0.15) is 5.76 Å². The first-order valence-electron chi connectivity index (χ1n) is 10.8. The van der Waals surface area contributed by atoms with Crippen molar-refractivity contribution in [2.45, 2.75) is 67.0 Å². The second kappa shape index (κ2) is 12.5. The van der Waals surface area contributed by atoms with Gasteiger partial charge in [0.25, 0.3) is 0 Å². The Bertz CT molecular complexity index is 854. The molecule has 0 bridgehead atoms. The van der Waals surface area contributed by atoms with E-state index in [4.69, 9.17) is 14.8 Å². The monoisotopic (exact) mass is 453 g/mol. The summed E-state index contributed by atoms with van der Waals surface area (Å²) < 4.78 is 43.9. The molecule has 0 amide bonds. The number of carbonyl (C=O) groups is 1. The molecule has 0 aromatic carbocycles. The van der Waals surface area contributed by atoms with Gasteiger partial charge in [-0.05, 0) is 43.3 Å². The van der Waals surface area contributed by atoms with Gasteiger partial charge in [0.15, 0.2) is 0 Å². The minimum absolute atomic E-state index is 0.0383. The highest BCUT2D eigenvalue weighted by Crippen LogP contribution is 2.33. The lowest BCUT2D eigenvalue weighted by atomic mass is 9.98. The van der Waals surface area contributed by atoms with E-state index in [1.165, 1.54) is 0 Å². The average molecular weight is 454 g/mol. The van der Waals surface area contributed by atoms with Gasteiger partial charge in [0.05, 0.1) is 18.7 Å². The molecular formula is C25H34F3NO3. The van der Waals surface area contributed by atoms with Crippen LogP contribution >= 0.6 is 0 Å². The average Bonchev–Trinajstić information content (AvgIpc) is 2.79. The number of allylic oxidation sites excluding steroid dienone is 7. The summed E-state index contributed by atoms with van der Waals surface area (Å²) in [6, 6.07) is 0. The third-order valence-corrected chi connectivity index (χ3v) is 4.60. The molecule has 0 fully saturated rings. The maximum Gasteiger partial charge on any atom is 0.392 e. The molecule has 7 heteroatoms. The molecule has 1 aliphatic heterocycles. The van der Waals surface area contributed by atoms with E-state index in [-0.39, 0.29) is 5.92 Å². The Hall–Kier alpha value is -2.57. The molecule has 0 saturated heterocycles. The highest BCUT2D eigenvalue weighted by molar-refractivity contribution is 5.88. The summed E-state index contributed by atoms with van der Waals surface area (Å²) in [6.07, 6.45) is 4.25. The molecule has 178 valence electrons. The van der Waals surface area contributed by atoms with E-state index in [0.29, 0.717) is 34.9 Å². The van der Waals surface area contributed by atoms with Crippen molar-refractivity contribution in [3.63, 3.8) is 0 Å². The Morgan fingerprint density at radius 1 is 1.25 bits per heavy atom. The van der Waals surface area contributed by atoms with Crippen molar-refractivity contribution in [3.8, 4) is 0 Å². The van der Waals surface area contributed by atoms with Crippen LogP contribution in [0, 0.1) is 11.8 Å². The van der Waals surface area contributed by atoms with Crippen LogP contribution in [0.5, 0.6) is 0 Å². The number of aliphatic carboxylic acids is 1. The number of ether oxygens (including phenoxy) is 1. The Labute approximate surface area is 189 Å². The Kier molecular flexibility index (Phi) is 10.7. The number of hydrogen-bond donors (Lipinski definition) is 1. The zero-order valence-corrected chi connectivity index (χ0v) is 19.7. The largest absolute Gasteiger partial charge is 0.491 e. The lowest BCUT2D eigenvalue weighted by molar-refractivity contribution is -0.142. The minimum Gasteiger partial charge on any atom is -0.491 e. The Morgan fingerprint density at radius 3 is 2.44 bits per heavy atom. The molecule has 1 N–H and O–H groups in total. The van der Waals surface area contributed by atoms with E-state index in [2.05, 4.69) is 13.8 Å². The van der Waals surface area contributed by atoms with E-state index >= 15 is 0 Å². The lowest BCUT2D eigenvalue weighted by Gasteiger charge is -2.19. The number of carboxylic acids is 1. The predicted molar refractivity (Wildman–Crippen MR) is 122 cm³/mol. The van der Waals surface area contributed by atoms with Crippen LogP contribution in [-0.4, -0.2) is 29.6 Å². The predicted octanol–water partition coefficient (Wildman–Crippen LogP) is 7.17. The van der Waals surface area contributed by atoms with Crippen LogP contribution in [-0.2, 0) is 9.53 Å². The lowest BCUT2D eigenvalue weighted by Crippen LogP contribution is -2.13. The van der Waals surface area contributed by atoms with Gasteiger partial charge in [-0.25, -0.2) is 4.79 Å². The molecule has 1 heterocycles. The summed E-state index contributed by atoms with van der Waals surface area (Å²) in [5, 5.41) is 8.82. The van der Waals surface area contributed by atoms with Crippen molar-refractivity contribution in [2.24, 2.45) is 16.8 Å². The normalized spacial score (nSPS) is 16.6. The first-order valence-corrected chi connectivity index (χ1v) is 10.8. The zero-order chi connectivity index (χ0) is 24.5. The molecule has 0 spiro atoms. The number of hydrogen-bond acceptors (Lipinski definition) is 3. The van der Waals surface area contributed by atoms with E-state index in [1.807, 2.05) is 26.8 Å². The van der Waals surface area contributed by atoms with Crippen molar-refractivity contribution in [2.75, 3.05) is 6.61 Å². The van der Waals surface area contributed by atoms with Crippen LogP contribution in [0.25, 0.3) is 0 Å². The first kappa shape index (κ1) is 27.5. The first-order chi connectivity index (χ1) is 14.8. The van der Waals surface area contributed by atoms with Gasteiger partial charge in [0, 0.05) is 23.8 Å². The molecule has 1 aliphatic rings. The van der Waals surface area contributed by atoms with Crippen LogP contribution in [0.4, 0.5) is 13.2 Å². The van der Waals surface area contributed by atoms with Crippen molar-refractivity contribution < 1.29 is 27.8 Å². The summed E-state index contributed by atoms with van der Waals surface area (Å²) in [6.45, 7) is 11.1. The molecule has 0 aliphatic carbocycles.